The zero-order chi connectivity index (χ0) is 30.4. The van der Waals surface area contributed by atoms with Gasteiger partial charge in [-0.2, -0.15) is 9.41 Å². The molecule has 2 amide bonds. The molecule has 0 bridgehead atoms. The Labute approximate surface area is 254 Å². The van der Waals surface area contributed by atoms with E-state index in [9.17, 15) is 18.0 Å². The molecule has 0 radical (unpaired) electrons. The number of rotatable bonds is 10. The van der Waals surface area contributed by atoms with Crippen LogP contribution in [0.25, 0.3) is 5.69 Å². The number of benzene rings is 3. The Morgan fingerprint density at radius 2 is 1.64 bits per heavy atom. The number of anilines is 1. The summed E-state index contributed by atoms with van der Waals surface area (Å²) >= 11 is 12.3. The minimum absolute atomic E-state index is 0.0152. The lowest BCUT2D eigenvalue weighted by Gasteiger charge is -2.21. The first-order chi connectivity index (χ1) is 20.0. The van der Waals surface area contributed by atoms with Crippen molar-refractivity contribution >= 4 is 56.9 Å². The normalized spacial score (nSPS) is 11.7. The number of aryl methyl sites for hydroxylation is 1. The topological polar surface area (TPSA) is 113 Å². The van der Waals surface area contributed by atoms with E-state index in [1.807, 2.05) is 36.6 Å². The molecular weight excluding hydrogens is 597 g/mol. The van der Waals surface area contributed by atoms with Crippen molar-refractivity contribution in [2.45, 2.75) is 32.2 Å². The predicted octanol–water partition coefficient (Wildman–Crippen LogP) is 5.70. The van der Waals surface area contributed by atoms with Crippen LogP contribution in [0.4, 0.5) is 5.69 Å². The summed E-state index contributed by atoms with van der Waals surface area (Å²) < 4.78 is 30.2. The van der Waals surface area contributed by atoms with Crippen LogP contribution in [0.2, 0.25) is 10.0 Å². The molecule has 0 aliphatic carbocycles. The van der Waals surface area contributed by atoms with E-state index in [-0.39, 0.29) is 17.3 Å². The Morgan fingerprint density at radius 3 is 2.29 bits per heavy atom. The Kier molecular flexibility index (Phi) is 9.85. The summed E-state index contributed by atoms with van der Waals surface area (Å²) in [5, 5.41) is 7.58. The SMILES string of the molecule is CC(=O)Nc1ccc(S(=O)(=O)N(CC(=O)N/N=C/c2cc(C)n(-c3ccc(Cl)c(Cl)c3)c2C)Cc2ccccc2)cc1. The molecule has 12 heteroatoms. The van der Waals surface area contributed by atoms with Gasteiger partial charge in [0.1, 0.15) is 0 Å². The molecule has 0 unspecified atom stereocenters. The van der Waals surface area contributed by atoms with Gasteiger partial charge in [0.05, 0.1) is 27.7 Å². The van der Waals surface area contributed by atoms with Gasteiger partial charge in [-0.25, -0.2) is 13.8 Å². The summed E-state index contributed by atoms with van der Waals surface area (Å²) in [7, 11) is -4.08. The number of carbonyl (C=O) groups excluding carboxylic acids is 2. The summed E-state index contributed by atoms with van der Waals surface area (Å²) in [6.07, 6.45) is 1.51. The Bertz CT molecular complexity index is 1740. The van der Waals surface area contributed by atoms with E-state index in [1.54, 1.807) is 36.4 Å². The lowest BCUT2D eigenvalue weighted by molar-refractivity contribution is -0.121. The van der Waals surface area contributed by atoms with Crippen molar-refractivity contribution in [3.63, 3.8) is 0 Å². The van der Waals surface area contributed by atoms with Crippen LogP contribution in [-0.4, -0.2) is 41.9 Å². The zero-order valence-electron chi connectivity index (χ0n) is 23.1. The Balaban J connectivity index is 1.52. The largest absolute Gasteiger partial charge is 0.326 e. The van der Waals surface area contributed by atoms with E-state index < -0.39 is 22.5 Å². The number of nitrogens with one attached hydrogen (secondary N) is 2. The highest BCUT2D eigenvalue weighted by Gasteiger charge is 2.27. The average molecular weight is 627 g/mol. The fourth-order valence-electron chi connectivity index (χ4n) is 4.38. The number of halogens is 2. The Morgan fingerprint density at radius 1 is 0.952 bits per heavy atom. The number of amides is 2. The number of sulfonamides is 1. The number of hydrazone groups is 1. The second-order valence-electron chi connectivity index (χ2n) is 9.52. The van der Waals surface area contributed by atoms with Gasteiger partial charge in [-0.3, -0.25) is 9.59 Å². The van der Waals surface area contributed by atoms with Crippen molar-refractivity contribution in [1.29, 1.82) is 0 Å². The highest BCUT2D eigenvalue weighted by atomic mass is 35.5. The molecule has 2 N–H and O–H groups in total. The molecular formula is C30H29Cl2N5O4S. The molecule has 4 aromatic rings. The number of nitrogens with zero attached hydrogens (tertiary/aromatic N) is 3. The van der Waals surface area contributed by atoms with E-state index in [0.717, 1.165) is 26.9 Å². The summed E-state index contributed by atoms with van der Waals surface area (Å²) in [6, 6.07) is 22.0. The third-order valence-corrected chi connectivity index (χ3v) is 8.90. The molecule has 0 aliphatic heterocycles. The Hall–Kier alpha value is -3.96. The van der Waals surface area contributed by atoms with Gasteiger partial charge in [0, 0.05) is 41.8 Å². The summed E-state index contributed by atoms with van der Waals surface area (Å²) in [5.41, 5.74) is 6.98. The number of aromatic nitrogens is 1. The van der Waals surface area contributed by atoms with Crippen molar-refractivity contribution < 1.29 is 18.0 Å². The van der Waals surface area contributed by atoms with E-state index in [4.69, 9.17) is 23.2 Å². The van der Waals surface area contributed by atoms with Crippen molar-refractivity contribution in [2.24, 2.45) is 5.10 Å². The van der Waals surface area contributed by atoms with Crippen LogP contribution in [0.5, 0.6) is 0 Å². The van der Waals surface area contributed by atoms with Gasteiger partial charge in [-0.1, -0.05) is 53.5 Å². The minimum atomic E-state index is -4.08. The molecule has 0 fully saturated rings. The molecule has 3 aromatic carbocycles. The minimum Gasteiger partial charge on any atom is -0.326 e. The molecule has 0 saturated carbocycles. The maximum atomic E-state index is 13.6. The number of hydrogen-bond donors (Lipinski definition) is 2. The molecule has 1 heterocycles. The van der Waals surface area contributed by atoms with Gasteiger partial charge in [0.2, 0.25) is 15.9 Å². The van der Waals surface area contributed by atoms with E-state index >= 15 is 0 Å². The summed E-state index contributed by atoms with van der Waals surface area (Å²) in [5.74, 6) is -0.885. The van der Waals surface area contributed by atoms with Crippen molar-refractivity contribution in [3.8, 4) is 5.69 Å². The molecule has 0 spiro atoms. The molecule has 218 valence electrons. The van der Waals surface area contributed by atoms with Crippen LogP contribution in [-0.2, 0) is 26.2 Å². The lowest BCUT2D eigenvalue weighted by Crippen LogP contribution is -2.39. The van der Waals surface area contributed by atoms with E-state index in [1.165, 1.54) is 37.4 Å². The van der Waals surface area contributed by atoms with Gasteiger partial charge in [0.15, 0.2) is 0 Å². The van der Waals surface area contributed by atoms with Gasteiger partial charge < -0.3 is 9.88 Å². The molecule has 9 nitrogen and oxygen atoms in total. The maximum absolute atomic E-state index is 13.6. The van der Waals surface area contributed by atoms with Crippen molar-refractivity contribution in [3.05, 3.63) is 111 Å². The quantitative estimate of drug-likeness (QED) is 0.174. The van der Waals surface area contributed by atoms with E-state index in [0.29, 0.717) is 21.3 Å². The highest BCUT2D eigenvalue weighted by molar-refractivity contribution is 7.89. The monoisotopic (exact) mass is 625 g/mol. The average Bonchev–Trinajstić information content (AvgIpc) is 3.23. The highest BCUT2D eigenvalue weighted by Crippen LogP contribution is 2.27. The first-order valence-electron chi connectivity index (χ1n) is 12.8. The molecule has 0 aliphatic rings. The number of hydrogen-bond acceptors (Lipinski definition) is 5. The van der Waals surface area contributed by atoms with Crippen molar-refractivity contribution in [1.82, 2.24) is 14.3 Å². The van der Waals surface area contributed by atoms with Gasteiger partial charge in [-0.05, 0) is 67.9 Å². The molecule has 4 rings (SSSR count). The molecule has 0 saturated heterocycles. The third-order valence-electron chi connectivity index (χ3n) is 6.36. The smallest absolute Gasteiger partial charge is 0.255 e. The third kappa shape index (κ3) is 7.46. The molecule has 42 heavy (non-hydrogen) atoms. The second kappa shape index (κ2) is 13.3. The number of carbonyl (C=O) groups is 2. The van der Waals surface area contributed by atoms with Crippen LogP contribution in [0.15, 0.2) is 88.9 Å². The lowest BCUT2D eigenvalue weighted by atomic mass is 10.2. The van der Waals surface area contributed by atoms with Crippen molar-refractivity contribution in [2.75, 3.05) is 11.9 Å². The van der Waals surface area contributed by atoms with Crippen LogP contribution in [0.3, 0.4) is 0 Å². The van der Waals surface area contributed by atoms with Gasteiger partial charge in [0.25, 0.3) is 5.91 Å². The van der Waals surface area contributed by atoms with Gasteiger partial charge >= 0.3 is 0 Å². The maximum Gasteiger partial charge on any atom is 0.255 e. The molecule has 0 atom stereocenters. The van der Waals surface area contributed by atoms with Crippen LogP contribution < -0.4 is 10.7 Å². The van der Waals surface area contributed by atoms with Crippen LogP contribution in [0, 0.1) is 13.8 Å². The predicted molar refractivity (Wildman–Crippen MR) is 166 cm³/mol. The van der Waals surface area contributed by atoms with Crippen LogP contribution >= 0.6 is 23.2 Å². The summed E-state index contributed by atoms with van der Waals surface area (Å²) in [4.78, 5) is 24.2. The van der Waals surface area contributed by atoms with Crippen LogP contribution in [0.1, 0.15) is 29.4 Å². The first-order valence-corrected chi connectivity index (χ1v) is 15.0. The fraction of sp³-hybridized carbons (Fsp3) is 0.167. The first kappa shape index (κ1) is 31.0. The van der Waals surface area contributed by atoms with Gasteiger partial charge in [-0.15, -0.1) is 0 Å². The summed E-state index contributed by atoms with van der Waals surface area (Å²) in [6.45, 7) is 4.70. The second-order valence-corrected chi connectivity index (χ2v) is 12.3. The standard InChI is InChI=1S/C30H29Cl2N5O4S/c1-20-15-24(21(2)37(20)26-11-14-28(31)29(32)16-26)17-33-35-30(39)19-36(18-23-7-5-4-6-8-23)42(40,41)27-12-9-25(10-13-27)34-22(3)38/h4-17H,18-19H2,1-3H3,(H,34,38)(H,35,39)/b33-17+. The molecule has 1 aromatic heterocycles. The fourth-order valence-corrected chi connectivity index (χ4v) is 6.06. The zero-order valence-corrected chi connectivity index (χ0v) is 25.5. The van der Waals surface area contributed by atoms with E-state index in [2.05, 4.69) is 15.8 Å².